The summed E-state index contributed by atoms with van der Waals surface area (Å²) in [5.41, 5.74) is 3.48. The van der Waals surface area contributed by atoms with Crippen molar-refractivity contribution in [1.29, 1.82) is 0 Å². The largest absolute Gasteiger partial charge is 0.352 e. The minimum absolute atomic E-state index is 0.168. The molecule has 7 heteroatoms. The maximum Gasteiger partial charge on any atom is 0.264 e. The molecule has 3 aromatic rings. The van der Waals surface area contributed by atoms with E-state index in [-0.39, 0.29) is 10.8 Å². The zero-order chi connectivity index (χ0) is 23.1. The van der Waals surface area contributed by atoms with Crippen LogP contribution in [0.4, 0.5) is 5.69 Å². The van der Waals surface area contributed by atoms with Gasteiger partial charge in [-0.2, -0.15) is 0 Å². The van der Waals surface area contributed by atoms with Gasteiger partial charge in [0.05, 0.1) is 10.6 Å². The van der Waals surface area contributed by atoms with Crippen LogP contribution in [0.3, 0.4) is 0 Å². The Morgan fingerprint density at radius 1 is 0.938 bits per heavy atom. The third kappa shape index (κ3) is 5.93. The van der Waals surface area contributed by atoms with Crippen LogP contribution >= 0.6 is 11.8 Å². The van der Waals surface area contributed by atoms with Gasteiger partial charge in [0.25, 0.3) is 15.9 Å². The summed E-state index contributed by atoms with van der Waals surface area (Å²) in [4.78, 5) is 13.6. The van der Waals surface area contributed by atoms with E-state index in [1.807, 2.05) is 6.26 Å². The van der Waals surface area contributed by atoms with Gasteiger partial charge in [0.15, 0.2) is 0 Å². The standard InChI is InChI=1S/C25H28N2O3S2/c1-19-6-8-20(9-7-19)5-4-18-26-25(28)21-10-12-22(13-11-21)27(2)32(29,30)24-16-14-23(31-3)15-17-24/h6-17H,4-5,18H2,1-3H3,(H,26,28). The lowest BCUT2D eigenvalue weighted by Gasteiger charge is -2.20. The van der Waals surface area contributed by atoms with E-state index < -0.39 is 10.0 Å². The van der Waals surface area contributed by atoms with Crippen LogP contribution in [-0.2, 0) is 16.4 Å². The summed E-state index contributed by atoms with van der Waals surface area (Å²) in [6.07, 6.45) is 3.70. The summed E-state index contributed by atoms with van der Waals surface area (Å²) in [5, 5.41) is 2.92. The van der Waals surface area contributed by atoms with E-state index in [2.05, 4.69) is 36.5 Å². The number of anilines is 1. The number of thioether (sulfide) groups is 1. The summed E-state index contributed by atoms with van der Waals surface area (Å²) in [5.74, 6) is -0.168. The number of amides is 1. The van der Waals surface area contributed by atoms with Gasteiger partial charge in [0.1, 0.15) is 0 Å². The van der Waals surface area contributed by atoms with Crippen LogP contribution in [0.25, 0.3) is 0 Å². The predicted octanol–water partition coefficient (Wildman–Crippen LogP) is 4.90. The highest BCUT2D eigenvalue weighted by Gasteiger charge is 2.21. The Hall–Kier alpha value is -2.77. The number of benzene rings is 3. The molecule has 0 spiro atoms. The molecule has 0 saturated carbocycles. The first-order valence-corrected chi connectivity index (χ1v) is 13.0. The second kappa shape index (κ2) is 10.7. The Morgan fingerprint density at radius 2 is 1.56 bits per heavy atom. The van der Waals surface area contributed by atoms with Gasteiger partial charge < -0.3 is 5.32 Å². The first kappa shape index (κ1) is 23.9. The number of hydrogen-bond donors (Lipinski definition) is 1. The Bertz CT molecular complexity index is 1140. The van der Waals surface area contributed by atoms with E-state index >= 15 is 0 Å². The van der Waals surface area contributed by atoms with Crippen LogP contribution in [0, 0.1) is 6.92 Å². The van der Waals surface area contributed by atoms with Gasteiger partial charge in [-0.05, 0) is 80.1 Å². The Morgan fingerprint density at radius 3 is 2.16 bits per heavy atom. The van der Waals surface area contributed by atoms with Gasteiger partial charge in [-0.3, -0.25) is 9.10 Å². The van der Waals surface area contributed by atoms with Crippen LogP contribution in [0.5, 0.6) is 0 Å². The number of nitrogens with zero attached hydrogens (tertiary/aromatic N) is 1. The monoisotopic (exact) mass is 468 g/mol. The maximum atomic E-state index is 12.9. The van der Waals surface area contributed by atoms with E-state index in [1.165, 1.54) is 22.5 Å². The molecule has 0 aliphatic heterocycles. The molecule has 0 aliphatic rings. The molecular formula is C25H28N2O3S2. The number of hydrogen-bond acceptors (Lipinski definition) is 4. The van der Waals surface area contributed by atoms with Crippen molar-refractivity contribution in [3.05, 3.63) is 89.5 Å². The summed E-state index contributed by atoms with van der Waals surface area (Å²) in [7, 11) is -2.16. The van der Waals surface area contributed by atoms with Crippen molar-refractivity contribution < 1.29 is 13.2 Å². The quantitative estimate of drug-likeness (QED) is 0.358. The molecule has 0 atom stereocenters. The lowest BCUT2D eigenvalue weighted by atomic mass is 10.1. The van der Waals surface area contributed by atoms with Gasteiger partial charge in [0, 0.05) is 24.1 Å². The van der Waals surface area contributed by atoms with Crippen molar-refractivity contribution >= 4 is 33.4 Å². The number of nitrogens with one attached hydrogen (secondary N) is 1. The van der Waals surface area contributed by atoms with E-state index in [0.29, 0.717) is 17.8 Å². The van der Waals surface area contributed by atoms with Gasteiger partial charge in [-0.25, -0.2) is 8.42 Å². The molecule has 0 fully saturated rings. The average molecular weight is 469 g/mol. The van der Waals surface area contributed by atoms with Crippen LogP contribution in [0.1, 0.15) is 27.9 Å². The van der Waals surface area contributed by atoms with Crippen LogP contribution < -0.4 is 9.62 Å². The van der Waals surface area contributed by atoms with Crippen molar-refractivity contribution in [3.63, 3.8) is 0 Å². The molecule has 0 aliphatic carbocycles. The summed E-state index contributed by atoms with van der Waals surface area (Å²) in [6.45, 7) is 2.64. The molecule has 5 nitrogen and oxygen atoms in total. The van der Waals surface area contributed by atoms with Gasteiger partial charge in [0.2, 0.25) is 0 Å². The molecule has 0 heterocycles. The second-order valence-corrected chi connectivity index (χ2v) is 10.4. The highest BCUT2D eigenvalue weighted by atomic mass is 32.2. The van der Waals surface area contributed by atoms with Crippen LogP contribution in [-0.4, -0.2) is 34.2 Å². The van der Waals surface area contributed by atoms with Crippen molar-refractivity contribution in [3.8, 4) is 0 Å². The molecule has 0 saturated heterocycles. The van der Waals surface area contributed by atoms with Crippen molar-refractivity contribution in [1.82, 2.24) is 5.32 Å². The van der Waals surface area contributed by atoms with E-state index in [9.17, 15) is 13.2 Å². The molecule has 168 valence electrons. The second-order valence-electron chi connectivity index (χ2n) is 7.54. The highest BCUT2D eigenvalue weighted by Crippen LogP contribution is 2.24. The summed E-state index contributed by atoms with van der Waals surface area (Å²) >= 11 is 1.56. The molecule has 1 N–H and O–H groups in total. The van der Waals surface area contributed by atoms with E-state index in [4.69, 9.17) is 0 Å². The molecule has 0 aromatic heterocycles. The molecular weight excluding hydrogens is 440 g/mol. The molecule has 3 rings (SSSR count). The molecule has 0 bridgehead atoms. The molecule has 32 heavy (non-hydrogen) atoms. The average Bonchev–Trinajstić information content (AvgIpc) is 2.82. The van der Waals surface area contributed by atoms with Crippen molar-refractivity contribution in [2.45, 2.75) is 29.6 Å². The first-order valence-electron chi connectivity index (χ1n) is 10.4. The molecule has 0 radical (unpaired) electrons. The Labute approximate surface area is 194 Å². The highest BCUT2D eigenvalue weighted by molar-refractivity contribution is 7.98. The number of rotatable bonds is 9. The van der Waals surface area contributed by atoms with Crippen LogP contribution in [0.2, 0.25) is 0 Å². The predicted molar refractivity (Wildman–Crippen MR) is 132 cm³/mol. The Kier molecular flexibility index (Phi) is 7.99. The fourth-order valence-electron chi connectivity index (χ4n) is 3.22. The SMILES string of the molecule is CSc1ccc(S(=O)(=O)N(C)c2ccc(C(=O)NCCCc3ccc(C)cc3)cc2)cc1. The molecule has 0 unspecified atom stereocenters. The number of aryl methyl sites for hydroxylation is 2. The normalized spacial score (nSPS) is 11.2. The number of sulfonamides is 1. The van der Waals surface area contributed by atoms with Crippen molar-refractivity contribution in [2.24, 2.45) is 0 Å². The van der Waals surface area contributed by atoms with E-state index in [1.54, 1.807) is 60.3 Å². The lowest BCUT2D eigenvalue weighted by Crippen LogP contribution is -2.27. The maximum absolute atomic E-state index is 12.9. The molecule has 3 aromatic carbocycles. The van der Waals surface area contributed by atoms with Crippen molar-refractivity contribution in [2.75, 3.05) is 24.2 Å². The fourth-order valence-corrected chi connectivity index (χ4v) is 4.82. The third-order valence-electron chi connectivity index (χ3n) is 5.26. The first-order chi connectivity index (χ1) is 15.3. The Balaban J connectivity index is 1.57. The van der Waals surface area contributed by atoms with Gasteiger partial charge >= 0.3 is 0 Å². The zero-order valence-electron chi connectivity index (χ0n) is 18.5. The third-order valence-corrected chi connectivity index (χ3v) is 7.80. The van der Waals surface area contributed by atoms with E-state index in [0.717, 1.165) is 17.7 Å². The summed E-state index contributed by atoms with van der Waals surface area (Å²) in [6, 6.07) is 21.8. The summed E-state index contributed by atoms with van der Waals surface area (Å²) < 4.78 is 27.0. The van der Waals surface area contributed by atoms with Crippen LogP contribution in [0.15, 0.2) is 82.6 Å². The topological polar surface area (TPSA) is 66.5 Å². The minimum atomic E-state index is -3.67. The smallest absolute Gasteiger partial charge is 0.264 e. The fraction of sp³-hybridized carbons (Fsp3) is 0.240. The number of carbonyl (C=O) groups is 1. The molecule has 1 amide bonds. The van der Waals surface area contributed by atoms with Gasteiger partial charge in [-0.1, -0.05) is 29.8 Å². The zero-order valence-corrected chi connectivity index (χ0v) is 20.2. The van der Waals surface area contributed by atoms with Gasteiger partial charge in [-0.15, -0.1) is 11.8 Å². The lowest BCUT2D eigenvalue weighted by molar-refractivity contribution is 0.0953. The number of carbonyl (C=O) groups excluding carboxylic acids is 1. The minimum Gasteiger partial charge on any atom is -0.352 e.